The number of likely N-dealkylation sites (tertiary alicyclic amines) is 1. The van der Waals surface area contributed by atoms with E-state index in [0.717, 1.165) is 54.0 Å². The third kappa shape index (κ3) is 1.65. The van der Waals surface area contributed by atoms with Crippen LogP contribution in [-0.4, -0.2) is 54.6 Å². The number of likely N-dealkylation sites (N-methyl/N-ethyl adjacent to an activating group) is 1. The second kappa shape index (κ2) is 4.77. The Bertz CT molecular complexity index is 790. The Morgan fingerprint density at radius 2 is 2.12 bits per heavy atom. The molecule has 0 radical (unpaired) electrons. The van der Waals surface area contributed by atoms with Gasteiger partial charge in [0.1, 0.15) is 17.7 Å². The first kappa shape index (κ1) is 15.8. The van der Waals surface area contributed by atoms with Crippen molar-refractivity contribution in [1.82, 2.24) is 0 Å². The molecular formula is C22H30NO3+. The molecular weight excluding hydrogens is 326 g/mol. The number of quaternary nitrogens is 1. The summed E-state index contributed by atoms with van der Waals surface area (Å²) in [4.78, 5) is 0. The lowest BCUT2D eigenvalue weighted by molar-refractivity contribution is -0.950. The average molecular weight is 356 g/mol. The third-order valence-corrected chi connectivity index (χ3v) is 8.59. The maximum atomic E-state index is 12.3. The van der Waals surface area contributed by atoms with Crippen molar-refractivity contribution in [2.24, 2.45) is 5.92 Å². The molecule has 6 rings (SSSR count). The van der Waals surface area contributed by atoms with Crippen molar-refractivity contribution < 1.29 is 19.1 Å². The van der Waals surface area contributed by atoms with E-state index < -0.39 is 5.60 Å². The zero-order chi connectivity index (χ0) is 17.7. The van der Waals surface area contributed by atoms with Crippen LogP contribution in [0.3, 0.4) is 0 Å². The lowest BCUT2D eigenvalue weighted by Crippen LogP contribution is -2.79. The molecule has 1 saturated heterocycles. The van der Waals surface area contributed by atoms with E-state index in [-0.39, 0.29) is 11.5 Å². The van der Waals surface area contributed by atoms with Crippen molar-refractivity contribution in [2.75, 3.05) is 27.2 Å². The summed E-state index contributed by atoms with van der Waals surface area (Å²) >= 11 is 0. The predicted octanol–water partition coefficient (Wildman–Crippen LogP) is 2.79. The van der Waals surface area contributed by atoms with Gasteiger partial charge >= 0.3 is 0 Å². The highest BCUT2D eigenvalue weighted by molar-refractivity contribution is 5.62. The van der Waals surface area contributed by atoms with E-state index >= 15 is 0 Å². The topological polar surface area (TPSA) is 38.7 Å². The van der Waals surface area contributed by atoms with Gasteiger partial charge in [0.15, 0.2) is 11.5 Å². The maximum absolute atomic E-state index is 12.3. The Kier molecular flexibility index (Phi) is 2.89. The molecule has 0 aromatic heterocycles. The number of ether oxygens (including phenoxy) is 2. The number of benzene rings is 1. The molecule has 5 unspecified atom stereocenters. The lowest BCUT2D eigenvalue weighted by atomic mass is 9.48. The number of aliphatic hydroxyl groups is 1. The Morgan fingerprint density at radius 3 is 2.88 bits per heavy atom. The molecule has 1 spiro atoms. The standard InChI is InChI=1S/C22H30NO3/c1-23(13-14-5-6-14)11-10-21-18-4-3-9-22(21,24)17(23)12-15-7-8-16(25-2)20(26-18)19(15)21/h7-8,14,17-18,24H,3-6,9-13H2,1-2H3/q+1. The molecule has 5 atom stereocenters. The van der Waals surface area contributed by atoms with Crippen LogP contribution >= 0.6 is 0 Å². The molecule has 1 aromatic rings. The summed E-state index contributed by atoms with van der Waals surface area (Å²) in [6, 6.07) is 4.63. The number of hydrogen-bond acceptors (Lipinski definition) is 3. The molecule has 140 valence electrons. The molecule has 5 aliphatic rings. The van der Waals surface area contributed by atoms with Gasteiger partial charge in [-0.15, -0.1) is 0 Å². The number of rotatable bonds is 3. The molecule has 3 aliphatic carbocycles. The van der Waals surface area contributed by atoms with Gasteiger partial charge in [-0.25, -0.2) is 0 Å². The van der Waals surface area contributed by atoms with Crippen LogP contribution < -0.4 is 9.47 Å². The molecule has 2 bridgehead atoms. The minimum absolute atomic E-state index is 0.115. The molecule has 1 N–H and O–H groups in total. The first-order chi connectivity index (χ1) is 12.5. The van der Waals surface area contributed by atoms with Crippen molar-refractivity contribution in [1.29, 1.82) is 0 Å². The number of methoxy groups -OCH3 is 1. The largest absolute Gasteiger partial charge is 0.493 e. The van der Waals surface area contributed by atoms with E-state index in [1.54, 1.807) is 7.11 Å². The van der Waals surface area contributed by atoms with Gasteiger partial charge in [0.25, 0.3) is 0 Å². The van der Waals surface area contributed by atoms with Crippen LogP contribution in [0.5, 0.6) is 11.5 Å². The number of piperidine rings is 1. The molecule has 3 fully saturated rings. The minimum atomic E-state index is -0.636. The van der Waals surface area contributed by atoms with Gasteiger partial charge in [-0.05, 0) is 43.7 Å². The fourth-order valence-electron chi connectivity index (χ4n) is 7.30. The first-order valence-corrected chi connectivity index (χ1v) is 10.5. The van der Waals surface area contributed by atoms with Crippen LogP contribution in [0.2, 0.25) is 0 Å². The lowest BCUT2D eigenvalue weighted by Gasteiger charge is -2.64. The molecule has 4 nitrogen and oxygen atoms in total. The first-order valence-electron chi connectivity index (χ1n) is 10.5. The van der Waals surface area contributed by atoms with Gasteiger partial charge in [-0.3, -0.25) is 0 Å². The van der Waals surface area contributed by atoms with Gasteiger partial charge in [-0.1, -0.05) is 6.07 Å². The fraction of sp³-hybridized carbons (Fsp3) is 0.727. The van der Waals surface area contributed by atoms with Gasteiger partial charge in [0.05, 0.1) is 32.7 Å². The van der Waals surface area contributed by atoms with Crippen LogP contribution in [0.25, 0.3) is 0 Å². The van der Waals surface area contributed by atoms with Crippen LogP contribution in [0.15, 0.2) is 12.1 Å². The molecule has 2 aliphatic heterocycles. The second-order valence-corrected chi connectivity index (χ2v) is 9.82. The summed E-state index contributed by atoms with van der Waals surface area (Å²) in [6.07, 6.45) is 7.94. The van der Waals surface area contributed by atoms with E-state index in [2.05, 4.69) is 19.2 Å². The molecule has 0 amide bonds. The van der Waals surface area contributed by atoms with Gasteiger partial charge in [0, 0.05) is 24.3 Å². The van der Waals surface area contributed by atoms with E-state index in [4.69, 9.17) is 9.47 Å². The van der Waals surface area contributed by atoms with Gasteiger partial charge in [0.2, 0.25) is 0 Å². The van der Waals surface area contributed by atoms with E-state index in [0.29, 0.717) is 6.04 Å². The quantitative estimate of drug-likeness (QED) is 0.847. The minimum Gasteiger partial charge on any atom is -0.493 e. The highest BCUT2D eigenvalue weighted by Gasteiger charge is 2.74. The zero-order valence-electron chi connectivity index (χ0n) is 16.0. The van der Waals surface area contributed by atoms with Gasteiger partial charge < -0.3 is 19.1 Å². The smallest absolute Gasteiger partial charge is 0.165 e. The number of hydrogen-bond donors (Lipinski definition) is 1. The van der Waals surface area contributed by atoms with Crippen LogP contribution in [0.1, 0.15) is 49.7 Å². The average Bonchev–Trinajstić information content (AvgIpc) is 3.35. The van der Waals surface area contributed by atoms with Gasteiger partial charge in [-0.2, -0.15) is 0 Å². The van der Waals surface area contributed by atoms with Crippen LogP contribution in [0, 0.1) is 5.92 Å². The maximum Gasteiger partial charge on any atom is 0.165 e. The summed E-state index contributed by atoms with van der Waals surface area (Å²) in [6.45, 7) is 2.41. The fourth-order valence-corrected chi connectivity index (χ4v) is 7.30. The Labute approximate surface area is 155 Å². The third-order valence-electron chi connectivity index (χ3n) is 8.59. The van der Waals surface area contributed by atoms with Crippen molar-refractivity contribution in [2.45, 2.75) is 68.1 Å². The van der Waals surface area contributed by atoms with Crippen LogP contribution in [-0.2, 0) is 11.8 Å². The SMILES string of the molecule is COc1ccc2c3c1OC1CCCC4(O)C(C2)[N+](C)(CC2CC2)CCC314. The highest BCUT2D eigenvalue weighted by Crippen LogP contribution is 2.66. The number of nitrogens with zero attached hydrogens (tertiary/aromatic N) is 1. The molecule has 1 aromatic carbocycles. The Hall–Kier alpha value is -1.26. The Morgan fingerprint density at radius 1 is 1.27 bits per heavy atom. The summed E-state index contributed by atoms with van der Waals surface area (Å²) in [5, 5.41) is 12.3. The summed E-state index contributed by atoms with van der Waals surface area (Å²) in [5.41, 5.74) is 1.86. The second-order valence-electron chi connectivity index (χ2n) is 9.82. The highest BCUT2D eigenvalue weighted by atomic mass is 16.5. The molecule has 2 saturated carbocycles. The normalized spacial score (nSPS) is 45.0. The van der Waals surface area contributed by atoms with Crippen LogP contribution in [0.4, 0.5) is 0 Å². The van der Waals surface area contributed by atoms with Crippen molar-refractivity contribution in [3.63, 3.8) is 0 Å². The zero-order valence-corrected chi connectivity index (χ0v) is 16.0. The monoisotopic (exact) mass is 356 g/mol. The summed E-state index contributed by atoms with van der Waals surface area (Å²) in [5.74, 6) is 2.66. The van der Waals surface area contributed by atoms with E-state index in [1.165, 1.54) is 37.1 Å². The predicted molar refractivity (Wildman–Crippen MR) is 98.6 cm³/mol. The Balaban J connectivity index is 1.57. The van der Waals surface area contributed by atoms with E-state index in [1.807, 2.05) is 0 Å². The van der Waals surface area contributed by atoms with E-state index in [9.17, 15) is 5.11 Å². The van der Waals surface area contributed by atoms with Crippen molar-refractivity contribution >= 4 is 0 Å². The summed E-state index contributed by atoms with van der Waals surface area (Å²) < 4.78 is 13.2. The molecule has 4 heteroatoms. The summed E-state index contributed by atoms with van der Waals surface area (Å²) in [7, 11) is 4.15. The van der Waals surface area contributed by atoms with Crippen molar-refractivity contribution in [3.05, 3.63) is 23.3 Å². The molecule has 26 heavy (non-hydrogen) atoms. The molecule has 2 heterocycles. The van der Waals surface area contributed by atoms with Crippen molar-refractivity contribution in [3.8, 4) is 11.5 Å².